The highest BCUT2D eigenvalue weighted by Crippen LogP contribution is 2.23. The topological polar surface area (TPSA) is 54.0 Å². The molecule has 0 aliphatic carbocycles. The van der Waals surface area contributed by atoms with Gasteiger partial charge < -0.3 is 23.7 Å². The summed E-state index contributed by atoms with van der Waals surface area (Å²) in [5.74, 6) is 0.782. The van der Waals surface area contributed by atoms with Gasteiger partial charge >= 0.3 is 0 Å². The van der Waals surface area contributed by atoms with Crippen molar-refractivity contribution < 1.29 is 23.7 Å². The fourth-order valence-electron chi connectivity index (χ4n) is 2.93. The van der Waals surface area contributed by atoms with Crippen molar-refractivity contribution >= 4 is 6.29 Å². The second-order valence-corrected chi connectivity index (χ2v) is 6.62. The van der Waals surface area contributed by atoms with Gasteiger partial charge in [0.15, 0.2) is 0 Å². The van der Waals surface area contributed by atoms with E-state index < -0.39 is 0 Å². The van der Waals surface area contributed by atoms with Crippen LogP contribution in [-0.4, -0.2) is 40.0 Å². The average Bonchev–Trinajstić information content (AvgIpc) is 2.71. The normalized spacial score (nSPS) is 15.2. The van der Waals surface area contributed by atoms with Crippen molar-refractivity contribution in [2.75, 3.05) is 27.6 Å². The lowest BCUT2D eigenvalue weighted by molar-refractivity contribution is -0.127. The predicted molar refractivity (Wildman–Crippen MR) is 107 cm³/mol. The first-order chi connectivity index (χ1) is 13.1. The third kappa shape index (κ3) is 8.24. The monoisotopic (exact) mass is 378 g/mol. The molecule has 0 amide bonds. The van der Waals surface area contributed by atoms with Gasteiger partial charge in [-0.15, -0.1) is 0 Å². The SMILES string of the molecule is CC/C(=C\[C@H](CC)[C@@H](OCOC)[C@@H](C)C=O)COCc1ccc(OC)cc1. The smallest absolute Gasteiger partial charge is 0.146 e. The van der Waals surface area contributed by atoms with E-state index in [-0.39, 0.29) is 24.7 Å². The van der Waals surface area contributed by atoms with Gasteiger partial charge in [-0.25, -0.2) is 0 Å². The molecule has 27 heavy (non-hydrogen) atoms. The molecule has 3 atom stereocenters. The van der Waals surface area contributed by atoms with Crippen LogP contribution in [0, 0.1) is 11.8 Å². The molecular formula is C22H34O5. The number of hydrogen-bond acceptors (Lipinski definition) is 5. The molecule has 0 fully saturated rings. The lowest BCUT2D eigenvalue weighted by atomic mass is 9.88. The molecule has 0 saturated heterocycles. The number of rotatable bonds is 14. The maximum atomic E-state index is 11.3. The molecule has 1 aromatic rings. The van der Waals surface area contributed by atoms with Crippen molar-refractivity contribution in [3.63, 3.8) is 0 Å². The summed E-state index contributed by atoms with van der Waals surface area (Å²) in [4.78, 5) is 11.3. The molecule has 0 N–H and O–H groups in total. The predicted octanol–water partition coefficient (Wildman–Crippen LogP) is 4.40. The van der Waals surface area contributed by atoms with Crippen LogP contribution in [0.2, 0.25) is 0 Å². The molecule has 0 bridgehead atoms. The van der Waals surface area contributed by atoms with E-state index in [1.54, 1.807) is 14.2 Å². The molecule has 0 unspecified atom stereocenters. The third-order valence-corrected chi connectivity index (χ3v) is 4.62. The van der Waals surface area contributed by atoms with Crippen LogP contribution in [0.1, 0.15) is 39.2 Å². The Morgan fingerprint density at radius 2 is 1.85 bits per heavy atom. The van der Waals surface area contributed by atoms with Crippen molar-refractivity contribution in [2.24, 2.45) is 11.8 Å². The van der Waals surface area contributed by atoms with Gasteiger partial charge in [-0.05, 0) is 36.1 Å². The van der Waals surface area contributed by atoms with Crippen molar-refractivity contribution in [3.05, 3.63) is 41.5 Å². The summed E-state index contributed by atoms with van der Waals surface area (Å²) in [7, 11) is 3.24. The highest BCUT2D eigenvalue weighted by molar-refractivity contribution is 5.54. The van der Waals surface area contributed by atoms with Crippen molar-refractivity contribution in [1.29, 1.82) is 0 Å². The van der Waals surface area contributed by atoms with E-state index in [0.29, 0.717) is 13.2 Å². The maximum Gasteiger partial charge on any atom is 0.146 e. The Balaban J connectivity index is 2.70. The quantitative estimate of drug-likeness (QED) is 0.273. The minimum absolute atomic E-state index is 0.139. The Kier molecular flexibility index (Phi) is 11.7. The number of methoxy groups -OCH3 is 2. The lowest BCUT2D eigenvalue weighted by Crippen LogP contribution is -2.31. The number of aldehydes is 1. The van der Waals surface area contributed by atoms with Crippen molar-refractivity contribution in [3.8, 4) is 5.75 Å². The van der Waals surface area contributed by atoms with E-state index in [1.807, 2.05) is 31.2 Å². The molecule has 0 aliphatic rings. The molecule has 0 saturated carbocycles. The summed E-state index contributed by atoms with van der Waals surface area (Å²) in [6, 6.07) is 7.87. The first kappa shape index (κ1) is 23.3. The zero-order valence-electron chi connectivity index (χ0n) is 17.3. The Bertz CT molecular complexity index is 552. The second-order valence-electron chi connectivity index (χ2n) is 6.62. The second kappa shape index (κ2) is 13.5. The third-order valence-electron chi connectivity index (χ3n) is 4.62. The van der Waals surface area contributed by atoms with Gasteiger partial charge in [0.25, 0.3) is 0 Å². The van der Waals surface area contributed by atoms with E-state index in [1.165, 1.54) is 5.57 Å². The Hall–Kier alpha value is -1.69. The van der Waals surface area contributed by atoms with Crippen molar-refractivity contribution in [2.45, 2.75) is 46.3 Å². The summed E-state index contributed by atoms with van der Waals surface area (Å²) in [5.41, 5.74) is 2.31. The minimum Gasteiger partial charge on any atom is -0.497 e. The number of hydrogen-bond donors (Lipinski definition) is 0. The minimum atomic E-state index is -0.199. The molecular weight excluding hydrogens is 344 g/mol. The highest BCUT2D eigenvalue weighted by atomic mass is 16.7. The van der Waals surface area contributed by atoms with E-state index >= 15 is 0 Å². The van der Waals surface area contributed by atoms with Crippen LogP contribution in [0.25, 0.3) is 0 Å². The Morgan fingerprint density at radius 3 is 2.37 bits per heavy atom. The molecule has 0 spiro atoms. The first-order valence-corrected chi connectivity index (χ1v) is 9.55. The zero-order chi connectivity index (χ0) is 20.1. The molecule has 0 heterocycles. The molecule has 1 rings (SSSR count). The molecule has 152 valence electrons. The average molecular weight is 379 g/mol. The summed E-state index contributed by atoms with van der Waals surface area (Å²) < 4.78 is 21.9. The van der Waals surface area contributed by atoms with Gasteiger partial charge in [0.2, 0.25) is 0 Å². The summed E-state index contributed by atoms with van der Waals surface area (Å²) >= 11 is 0. The van der Waals surface area contributed by atoms with E-state index in [9.17, 15) is 4.79 Å². The number of carbonyl (C=O) groups is 1. The Labute approximate surface area is 163 Å². The highest BCUT2D eigenvalue weighted by Gasteiger charge is 2.25. The fourth-order valence-corrected chi connectivity index (χ4v) is 2.93. The molecule has 5 nitrogen and oxygen atoms in total. The largest absolute Gasteiger partial charge is 0.497 e. The number of benzene rings is 1. The van der Waals surface area contributed by atoms with E-state index in [2.05, 4.69) is 19.9 Å². The van der Waals surface area contributed by atoms with E-state index in [4.69, 9.17) is 18.9 Å². The van der Waals surface area contributed by atoms with Crippen LogP contribution in [0.5, 0.6) is 5.75 Å². The zero-order valence-corrected chi connectivity index (χ0v) is 17.3. The summed E-state index contributed by atoms with van der Waals surface area (Å²) in [6.07, 6.45) is 4.73. The molecule has 0 radical (unpaired) electrons. The molecule has 0 aliphatic heterocycles. The van der Waals surface area contributed by atoms with Crippen LogP contribution in [0.15, 0.2) is 35.9 Å². The lowest BCUT2D eigenvalue weighted by Gasteiger charge is -2.27. The Morgan fingerprint density at radius 1 is 1.15 bits per heavy atom. The van der Waals surface area contributed by atoms with Gasteiger partial charge in [-0.1, -0.05) is 39.0 Å². The van der Waals surface area contributed by atoms with Gasteiger partial charge in [-0.2, -0.15) is 0 Å². The van der Waals surface area contributed by atoms with Gasteiger partial charge in [-0.3, -0.25) is 0 Å². The van der Waals surface area contributed by atoms with Gasteiger partial charge in [0, 0.05) is 18.9 Å². The van der Waals surface area contributed by atoms with Gasteiger partial charge in [0.05, 0.1) is 26.4 Å². The molecule has 0 aromatic heterocycles. The summed E-state index contributed by atoms with van der Waals surface area (Å²) in [6.45, 7) is 7.40. The number of carbonyl (C=O) groups excluding carboxylic acids is 1. The maximum absolute atomic E-state index is 11.3. The van der Waals surface area contributed by atoms with Crippen LogP contribution >= 0.6 is 0 Å². The standard InChI is InChI=1S/C22H34O5/c1-6-18(14-26-15-19-8-10-21(25-5)11-9-19)12-20(7-2)22(17(3)13-23)27-16-24-4/h8-13,17,20,22H,6-7,14-16H2,1-5H3/b18-12+/t17-,20-,22-/m0/s1. The van der Waals surface area contributed by atoms with Crippen molar-refractivity contribution in [1.82, 2.24) is 0 Å². The summed E-state index contributed by atoms with van der Waals surface area (Å²) in [5, 5.41) is 0. The van der Waals surface area contributed by atoms with Crippen LogP contribution in [-0.2, 0) is 25.6 Å². The van der Waals surface area contributed by atoms with Crippen LogP contribution in [0.3, 0.4) is 0 Å². The fraction of sp³-hybridized carbons (Fsp3) is 0.591. The van der Waals surface area contributed by atoms with Gasteiger partial charge in [0.1, 0.15) is 18.8 Å². The van der Waals surface area contributed by atoms with Crippen LogP contribution < -0.4 is 4.74 Å². The first-order valence-electron chi connectivity index (χ1n) is 9.55. The molecule has 5 heteroatoms. The number of ether oxygens (including phenoxy) is 4. The van der Waals surface area contributed by atoms with Crippen LogP contribution in [0.4, 0.5) is 0 Å². The van der Waals surface area contributed by atoms with E-state index in [0.717, 1.165) is 30.4 Å². The molecule has 1 aromatic carbocycles.